The second kappa shape index (κ2) is 8.52. The molecule has 112 valence electrons. The fourth-order valence-corrected chi connectivity index (χ4v) is 1.84. The highest BCUT2D eigenvalue weighted by Gasteiger charge is 2.23. The van der Waals surface area contributed by atoms with E-state index in [-0.39, 0.29) is 19.6 Å². The maximum Gasteiger partial charge on any atom is 0.307 e. The fraction of sp³-hybridized carbons (Fsp3) is 0.500. The average Bonchev–Trinajstić information content (AvgIpc) is 2.50. The maximum atomic E-state index is 11.4. The molecule has 6 heteroatoms. The number of carbonyl (C=O) groups excluding carboxylic acids is 1. The lowest BCUT2D eigenvalue weighted by Crippen LogP contribution is -2.38. The highest BCUT2D eigenvalue weighted by atomic mass is 16.5. The molecule has 0 aromatic heterocycles. The van der Waals surface area contributed by atoms with Gasteiger partial charge in [-0.2, -0.15) is 0 Å². The summed E-state index contributed by atoms with van der Waals surface area (Å²) in [5.41, 5.74) is 0.658. The van der Waals surface area contributed by atoms with Gasteiger partial charge in [-0.1, -0.05) is 12.1 Å². The van der Waals surface area contributed by atoms with E-state index in [1.807, 2.05) is 0 Å². The van der Waals surface area contributed by atoms with E-state index in [0.29, 0.717) is 11.3 Å². The van der Waals surface area contributed by atoms with Crippen LogP contribution in [-0.2, 0) is 9.53 Å². The molecule has 2 unspecified atom stereocenters. The predicted molar refractivity (Wildman–Crippen MR) is 73.5 cm³/mol. The summed E-state index contributed by atoms with van der Waals surface area (Å²) in [6.07, 6.45) is -0.865. The van der Waals surface area contributed by atoms with Crippen LogP contribution in [0.3, 0.4) is 0 Å². The van der Waals surface area contributed by atoms with Gasteiger partial charge in [0.1, 0.15) is 5.75 Å². The van der Waals surface area contributed by atoms with Crippen LogP contribution in [0.1, 0.15) is 18.1 Å². The lowest BCUT2D eigenvalue weighted by atomic mass is 9.99. The Labute approximate surface area is 118 Å². The average molecular weight is 283 g/mol. The van der Waals surface area contributed by atoms with Crippen molar-refractivity contribution >= 4 is 5.97 Å². The second-order valence-electron chi connectivity index (χ2n) is 4.28. The smallest absolute Gasteiger partial charge is 0.307 e. The normalized spacial score (nSPS) is 13.6. The summed E-state index contributed by atoms with van der Waals surface area (Å²) < 4.78 is 9.66. The molecule has 0 radical (unpaired) electrons. The van der Waals surface area contributed by atoms with Crippen LogP contribution >= 0.6 is 0 Å². The summed E-state index contributed by atoms with van der Waals surface area (Å²) >= 11 is 0. The monoisotopic (exact) mass is 283 g/mol. The minimum Gasteiger partial charge on any atom is -0.497 e. The van der Waals surface area contributed by atoms with Crippen molar-refractivity contribution in [2.45, 2.75) is 18.6 Å². The van der Waals surface area contributed by atoms with Crippen molar-refractivity contribution in [1.82, 2.24) is 5.32 Å². The summed E-state index contributed by atoms with van der Waals surface area (Å²) in [6.45, 7) is 0.210. The number of rotatable bonds is 8. The van der Waals surface area contributed by atoms with E-state index in [0.717, 1.165) is 0 Å². The molecule has 0 saturated carbocycles. The number of hydrogen-bond donors (Lipinski definition) is 3. The summed E-state index contributed by atoms with van der Waals surface area (Å²) in [6, 6.07) is 6.41. The summed E-state index contributed by atoms with van der Waals surface area (Å²) in [4.78, 5) is 11.4. The standard InChI is InChI=1S/C14H21NO5/c1-19-11-5-3-10(4-6-11)14(18)12(15-7-8-16)9-13(17)20-2/h3-6,12,14-16,18H,7-9H2,1-2H3. The van der Waals surface area contributed by atoms with Crippen molar-refractivity contribution in [3.05, 3.63) is 29.8 Å². The largest absolute Gasteiger partial charge is 0.497 e. The molecule has 0 fully saturated rings. The molecule has 0 bridgehead atoms. The van der Waals surface area contributed by atoms with Gasteiger partial charge in [-0.3, -0.25) is 4.79 Å². The SMILES string of the molecule is COC(=O)CC(NCCO)C(O)c1ccc(OC)cc1. The molecule has 0 spiro atoms. The lowest BCUT2D eigenvalue weighted by molar-refractivity contribution is -0.142. The van der Waals surface area contributed by atoms with Gasteiger partial charge in [-0.05, 0) is 17.7 Å². The van der Waals surface area contributed by atoms with Gasteiger partial charge in [-0.25, -0.2) is 0 Å². The third kappa shape index (κ3) is 4.80. The van der Waals surface area contributed by atoms with Crippen molar-refractivity contribution in [2.75, 3.05) is 27.4 Å². The molecule has 0 heterocycles. The molecular weight excluding hydrogens is 262 g/mol. The zero-order chi connectivity index (χ0) is 15.0. The fourth-order valence-electron chi connectivity index (χ4n) is 1.84. The van der Waals surface area contributed by atoms with Crippen LogP contribution < -0.4 is 10.1 Å². The third-order valence-electron chi connectivity index (χ3n) is 2.97. The minimum absolute atomic E-state index is 0.0176. The van der Waals surface area contributed by atoms with Crippen LogP contribution in [0, 0.1) is 0 Å². The Morgan fingerprint density at radius 3 is 2.45 bits per heavy atom. The van der Waals surface area contributed by atoms with Crippen LogP contribution in [0.4, 0.5) is 0 Å². The Morgan fingerprint density at radius 2 is 1.95 bits per heavy atom. The topological polar surface area (TPSA) is 88.0 Å². The Hall–Kier alpha value is -1.63. The number of carbonyl (C=O) groups is 1. The molecule has 6 nitrogen and oxygen atoms in total. The number of nitrogens with one attached hydrogen (secondary N) is 1. The number of aliphatic hydroxyl groups excluding tert-OH is 2. The first-order valence-electron chi connectivity index (χ1n) is 6.35. The van der Waals surface area contributed by atoms with Crippen LogP contribution in [0.5, 0.6) is 5.75 Å². The highest BCUT2D eigenvalue weighted by Crippen LogP contribution is 2.22. The Bertz CT molecular complexity index is 407. The molecule has 1 aromatic carbocycles. The molecular formula is C14H21NO5. The van der Waals surface area contributed by atoms with Gasteiger partial charge in [-0.15, -0.1) is 0 Å². The minimum atomic E-state index is -0.883. The van der Waals surface area contributed by atoms with Crippen LogP contribution in [-0.4, -0.2) is 49.6 Å². The van der Waals surface area contributed by atoms with Crippen molar-refractivity contribution in [2.24, 2.45) is 0 Å². The first-order chi connectivity index (χ1) is 9.62. The Balaban J connectivity index is 2.78. The summed E-state index contributed by atoms with van der Waals surface area (Å²) in [7, 11) is 2.86. The van der Waals surface area contributed by atoms with Crippen LogP contribution in [0.2, 0.25) is 0 Å². The quantitative estimate of drug-likeness (QED) is 0.592. The number of esters is 1. The van der Waals surface area contributed by atoms with Gasteiger partial charge in [0, 0.05) is 12.6 Å². The highest BCUT2D eigenvalue weighted by molar-refractivity contribution is 5.70. The predicted octanol–water partition coefficient (Wildman–Crippen LogP) is 0.242. The molecule has 0 aliphatic carbocycles. The first-order valence-corrected chi connectivity index (χ1v) is 6.35. The molecule has 3 N–H and O–H groups in total. The molecule has 0 aliphatic rings. The Kier molecular flexibility index (Phi) is 7.00. The van der Waals surface area contributed by atoms with Crippen molar-refractivity contribution in [1.29, 1.82) is 0 Å². The van der Waals surface area contributed by atoms with E-state index in [2.05, 4.69) is 10.1 Å². The van der Waals surface area contributed by atoms with E-state index >= 15 is 0 Å². The molecule has 0 amide bonds. The lowest BCUT2D eigenvalue weighted by Gasteiger charge is -2.23. The number of benzene rings is 1. The zero-order valence-electron chi connectivity index (χ0n) is 11.7. The van der Waals surface area contributed by atoms with Crippen molar-refractivity contribution in [3.8, 4) is 5.75 Å². The number of methoxy groups -OCH3 is 2. The summed E-state index contributed by atoms with van der Waals surface area (Å²) in [5, 5.41) is 22.1. The van der Waals surface area contributed by atoms with E-state index < -0.39 is 18.1 Å². The molecule has 1 aromatic rings. The van der Waals surface area contributed by atoms with Gasteiger partial charge >= 0.3 is 5.97 Å². The number of hydrogen-bond acceptors (Lipinski definition) is 6. The molecule has 0 aliphatic heterocycles. The van der Waals surface area contributed by atoms with E-state index in [9.17, 15) is 9.90 Å². The van der Waals surface area contributed by atoms with E-state index in [1.165, 1.54) is 7.11 Å². The molecule has 0 saturated heterocycles. The first kappa shape index (κ1) is 16.4. The van der Waals surface area contributed by atoms with Crippen molar-refractivity contribution < 1.29 is 24.5 Å². The van der Waals surface area contributed by atoms with Gasteiger partial charge in [0.15, 0.2) is 0 Å². The van der Waals surface area contributed by atoms with Crippen molar-refractivity contribution in [3.63, 3.8) is 0 Å². The van der Waals surface area contributed by atoms with E-state index in [4.69, 9.17) is 9.84 Å². The van der Waals surface area contributed by atoms with Gasteiger partial charge in [0.2, 0.25) is 0 Å². The number of aliphatic hydroxyl groups is 2. The molecule has 2 atom stereocenters. The van der Waals surface area contributed by atoms with Crippen LogP contribution in [0.15, 0.2) is 24.3 Å². The van der Waals surface area contributed by atoms with Gasteiger partial charge < -0.3 is 25.0 Å². The zero-order valence-corrected chi connectivity index (χ0v) is 11.7. The van der Waals surface area contributed by atoms with Crippen LogP contribution in [0.25, 0.3) is 0 Å². The van der Waals surface area contributed by atoms with Gasteiger partial charge in [0.05, 0.1) is 33.4 Å². The molecule has 1 rings (SSSR count). The molecule has 20 heavy (non-hydrogen) atoms. The van der Waals surface area contributed by atoms with Gasteiger partial charge in [0.25, 0.3) is 0 Å². The third-order valence-corrected chi connectivity index (χ3v) is 2.97. The van der Waals surface area contributed by atoms with E-state index in [1.54, 1.807) is 31.4 Å². The summed E-state index contributed by atoms with van der Waals surface area (Å²) in [5.74, 6) is 0.266. The maximum absolute atomic E-state index is 11.4. The second-order valence-corrected chi connectivity index (χ2v) is 4.28. The number of ether oxygens (including phenoxy) is 2. The Morgan fingerprint density at radius 1 is 1.30 bits per heavy atom.